The van der Waals surface area contributed by atoms with E-state index in [-0.39, 0.29) is 24.8 Å². The first-order chi connectivity index (χ1) is 10.4. The topological polar surface area (TPSA) is 33.7 Å². The van der Waals surface area contributed by atoms with Gasteiger partial charge in [-0.25, -0.2) is 0 Å². The quantitative estimate of drug-likeness (QED) is 0.895. The summed E-state index contributed by atoms with van der Waals surface area (Å²) in [4.78, 5) is 2.66. The number of ether oxygens (including phenoxy) is 2. The van der Waals surface area contributed by atoms with E-state index in [1.807, 2.05) is 6.07 Å². The van der Waals surface area contributed by atoms with E-state index in [0.717, 1.165) is 43.6 Å². The Bertz CT molecular complexity index is 503. The fraction of sp³-hybridized carbons (Fsp3) is 0.647. The van der Waals surface area contributed by atoms with Crippen molar-refractivity contribution in [1.29, 1.82) is 0 Å². The first-order valence-corrected chi connectivity index (χ1v) is 8.27. The maximum Gasteiger partial charge on any atom is 0.231 e. The Morgan fingerprint density at radius 1 is 1.04 bits per heavy atom. The molecule has 2 heterocycles. The van der Waals surface area contributed by atoms with Gasteiger partial charge in [0.25, 0.3) is 0 Å². The molecule has 2 aliphatic heterocycles. The third kappa shape index (κ3) is 3.71. The van der Waals surface area contributed by atoms with E-state index in [9.17, 15) is 0 Å². The van der Waals surface area contributed by atoms with Gasteiger partial charge in [0.2, 0.25) is 6.79 Å². The number of benzene rings is 1. The fourth-order valence-electron chi connectivity index (χ4n) is 4.17. The molecule has 0 aromatic heterocycles. The van der Waals surface area contributed by atoms with Crippen LogP contribution in [-0.2, 0) is 0 Å². The summed E-state index contributed by atoms with van der Waals surface area (Å²) < 4.78 is 11.4. The third-order valence-corrected chi connectivity index (χ3v) is 5.14. The number of nitrogens with zero attached hydrogens (tertiary/aromatic N) is 1. The van der Waals surface area contributed by atoms with Gasteiger partial charge in [-0.3, -0.25) is 4.90 Å². The van der Waals surface area contributed by atoms with E-state index in [2.05, 4.69) is 22.3 Å². The number of halogens is 2. The van der Waals surface area contributed by atoms with Gasteiger partial charge in [-0.2, -0.15) is 0 Å². The summed E-state index contributed by atoms with van der Waals surface area (Å²) in [5.41, 5.74) is 1.35. The average molecular weight is 361 g/mol. The number of para-hydroxylation sites is 1. The predicted molar refractivity (Wildman–Crippen MR) is 96.2 cm³/mol. The van der Waals surface area contributed by atoms with Gasteiger partial charge >= 0.3 is 0 Å². The normalized spacial score (nSPS) is 22.3. The molecule has 0 bridgehead atoms. The highest BCUT2D eigenvalue weighted by atomic mass is 35.5. The summed E-state index contributed by atoms with van der Waals surface area (Å²) in [7, 11) is 0. The minimum absolute atomic E-state index is 0. The molecule has 1 N–H and O–H groups in total. The minimum atomic E-state index is 0. The second-order valence-electron chi connectivity index (χ2n) is 6.36. The molecule has 2 fully saturated rings. The molecule has 1 aromatic carbocycles. The molecule has 1 saturated heterocycles. The Labute approximate surface area is 150 Å². The lowest BCUT2D eigenvalue weighted by atomic mass is 9.89. The monoisotopic (exact) mass is 360 g/mol. The molecule has 0 spiro atoms. The molecule has 130 valence electrons. The number of piperazine rings is 1. The first kappa shape index (κ1) is 18.7. The van der Waals surface area contributed by atoms with Gasteiger partial charge in [0, 0.05) is 37.8 Å². The van der Waals surface area contributed by atoms with Crippen molar-refractivity contribution in [2.45, 2.75) is 31.7 Å². The van der Waals surface area contributed by atoms with Gasteiger partial charge in [-0.1, -0.05) is 25.0 Å². The summed E-state index contributed by atoms with van der Waals surface area (Å²) in [6, 6.07) is 6.88. The van der Waals surface area contributed by atoms with Crippen molar-refractivity contribution in [2.24, 2.45) is 5.92 Å². The van der Waals surface area contributed by atoms with Crippen molar-refractivity contribution in [3.8, 4) is 11.5 Å². The molecule has 0 unspecified atom stereocenters. The molecule has 23 heavy (non-hydrogen) atoms. The van der Waals surface area contributed by atoms with Crippen LogP contribution in [0.2, 0.25) is 0 Å². The molecule has 1 aliphatic carbocycles. The summed E-state index contributed by atoms with van der Waals surface area (Å²) in [5, 5.41) is 3.47. The molecule has 3 aliphatic rings. The highest BCUT2D eigenvalue weighted by molar-refractivity contribution is 5.85. The molecule has 0 radical (unpaired) electrons. The van der Waals surface area contributed by atoms with Gasteiger partial charge in [-0.15, -0.1) is 24.8 Å². The van der Waals surface area contributed by atoms with E-state index < -0.39 is 0 Å². The van der Waals surface area contributed by atoms with Crippen molar-refractivity contribution < 1.29 is 9.47 Å². The molecule has 1 atom stereocenters. The van der Waals surface area contributed by atoms with Crippen molar-refractivity contribution in [1.82, 2.24) is 10.2 Å². The zero-order valence-electron chi connectivity index (χ0n) is 13.3. The smallest absolute Gasteiger partial charge is 0.231 e. The van der Waals surface area contributed by atoms with E-state index in [1.54, 1.807) is 0 Å². The van der Waals surface area contributed by atoms with Crippen LogP contribution < -0.4 is 14.8 Å². The number of hydrogen-bond acceptors (Lipinski definition) is 4. The summed E-state index contributed by atoms with van der Waals surface area (Å²) in [6.45, 7) is 4.81. The van der Waals surface area contributed by atoms with E-state index in [0.29, 0.717) is 12.8 Å². The Kier molecular flexibility index (Phi) is 6.84. The van der Waals surface area contributed by atoms with Gasteiger partial charge in [0.15, 0.2) is 11.5 Å². The Morgan fingerprint density at radius 3 is 2.52 bits per heavy atom. The van der Waals surface area contributed by atoms with E-state index >= 15 is 0 Å². The van der Waals surface area contributed by atoms with E-state index in [1.165, 1.54) is 31.2 Å². The highest BCUT2D eigenvalue weighted by Gasteiger charge is 2.35. The molecular formula is C17H26Cl2N2O2. The maximum atomic E-state index is 5.80. The lowest BCUT2D eigenvalue weighted by Gasteiger charge is -2.39. The van der Waals surface area contributed by atoms with Gasteiger partial charge in [0.1, 0.15) is 0 Å². The van der Waals surface area contributed by atoms with Crippen LogP contribution in [0.1, 0.15) is 37.3 Å². The van der Waals surface area contributed by atoms with Gasteiger partial charge < -0.3 is 14.8 Å². The van der Waals surface area contributed by atoms with Gasteiger partial charge in [0.05, 0.1) is 0 Å². The number of rotatable bonds is 3. The molecule has 4 rings (SSSR count). The van der Waals surface area contributed by atoms with Gasteiger partial charge in [-0.05, 0) is 24.8 Å². The van der Waals surface area contributed by atoms with Crippen molar-refractivity contribution in [2.75, 3.05) is 33.0 Å². The van der Waals surface area contributed by atoms with Crippen molar-refractivity contribution in [3.63, 3.8) is 0 Å². The number of fused-ring (bicyclic) bond motifs is 1. The second-order valence-corrected chi connectivity index (χ2v) is 6.36. The fourth-order valence-corrected chi connectivity index (χ4v) is 4.17. The van der Waals surface area contributed by atoms with Crippen LogP contribution in [0.15, 0.2) is 18.2 Å². The Hall–Kier alpha value is -0.680. The maximum absolute atomic E-state index is 5.80. The average Bonchev–Trinajstić information content (AvgIpc) is 3.20. The Balaban J connectivity index is 0.000000960. The SMILES string of the molecule is Cl.Cl.c1cc2c(c([C@H](C3CCCC3)N3CCNCC3)c1)OCO2. The zero-order valence-corrected chi connectivity index (χ0v) is 15.0. The minimum Gasteiger partial charge on any atom is -0.454 e. The van der Waals surface area contributed by atoms with Crippen molar-refractivity contribution >= 4 is 24.8 Å². The highest BCUT2D eigenvalue weighted by Crippen LogP contribution is 2.46. The molecule has 6 heteroatoms. The number of hydrogen-bond donors (Lipinski definition) is 1. The zero-order chi connectivity index (χ0) is 14.1. The molecule has 1 saturated carbocycles. The van der Waals surface area contributed by atoms with Crippen molar-refractivity contribution in [3.05, 3.63) is 23.8 Å². The Morgan fingerprint density at radius 2 is 1.78 bits per heavy atom. The second kappa shape index (κ2) is 8.43. The van der Waals surface area contributed by atoms with Crippen LogP contribution >= 0.6 is 24.8 Å². The molecular weight excluding hydrogens is 335 g/mol. The van der Waals surface area contributed by atoms with Crippen LogP contribution in [0.25, 0.3) is 0 Å². The number of nitrogens with one attached hydrogen (secondary N) is 1. The first-order valence-electron chi connectivity index (χ1n) is 8.27. The predicted octanol–water partition coefficient (Wildman–Crippen LogP) is 3.40. The lowest BCUT2D eigenvalue weighted by Crippen LogP contribution is -2.46. The standard InChI is InChI=1S/C17H24N2O2.2ClH/c1-2-5-13(4-1)16(19-10-8-18-9-11-19)14-6-3-7-15-17(14)21-12-20-15;;/h3,6-7,13,16,18H,1-2,4-5,8-12H2;2*1H/t16-;;/m0../s1. The molecule has 1 aromatic rings. The largest absolute Gasteiger partial charge is 0.454 e. The van der Waals surface area contributed by atoms with Crippen LogP contribution in [0, 0.1) is 5.92 Å². The molecule has 0 amide bonds. The third-order valence-electron chi connectivity index (χ3n) is 5.14. The van der Waals surface area contributed by atoms with E-state index in [4.69, 9.17) is 9.47 Å². The summed E-state index contributed by atoms with van der Waals surface area (Å²) >= 11 is 0. The lowest BCUT2D eigenvalue weighted by molar-refractivity contribution is 0.120. The summed E-state index contributed by atoms with van der Waals surface area (Å²) in [5.74, 6) is 2.68. The van der Waals surface area contributed by atoms with Crippen LogP contribution in [-0.4, -0.2) is 37.9 Å². The summed E-state index contributed by atoms with van der Waals surface area (Å²) in [6.07, 6.45) is 5.44. The van der Waals surface area contributed by atoms with Crippen LogP contribution in [0.5, 0.6) is 11.5 Å². The van der Waals surface area contributed by atoms with Crippen LogP contribution in [0.3, 0.4) is 0 Å². The van der Waals surface area contributed by atoms with Crippen LogP contribution in [0.4, 0.5) is 0 Å². The molecule has 4 nitrogen and oxygen atoms in total.